The fourth-order valence-corrected chi connectivity index (χ4v) is 4.17. The van der Waals surface area contributed by atoms with Crippen LogP contribution < -0.4 is 4.90 Å². The van der Waals surface area contributed by atoms with E-state index in [2.05, 4.69) is 42.5 Å². The topological polar surface area (TPSA) is 101 Å². The van der Waals surface area contributed by atoms with Crippen molar-refractivity contribution in [2.45, 2.75) is 17.0 Å². The highest BCUT2D eigenvalue weighted by Crippen LogP contribution is 2.30. The number of hydrogen-bond donors (Lipinski definition) is 1. The number of rotatable bonds is 4. The summed E-state index contributed by atoms with van der Waals surface area (Å²) < 4.78 is 7.10. The average Bonchev–Trinajstić information content (AvgIpc) is 3.20. The second kappa shape index (κ2) is 7.88. The van der Waals surface area contributed by atoms with Crippen molar-refractivity contribution in [1.29, 1.82) is 0 Å². The zero-order valence-corrected chi connectivity index (χ0v) is 17.1. The van der Waals surface area contributed by atoms with Gasteiger partial charge in [0.1, 0.15) is 11.4 Å². The van der Waals surface area contributed by atoms with Gasteiger partial charge in [-0.25, -0.2) is 0 Å². The van der Waals surface area contributed by atoms with Gasteiger partial charge < -0.3 is 14.8 Å². The van der Waals surface area contributed by atoms with E-state index in [-0.39, 0.29) is 0 Å². The summed E-state index contributed by atoms with van der Waals surface area (Å²) in [6.45, 7) is 4.91. The van der Waals surface area contributed by atoms with Crippen LogP contribution in [0.3, 0.4) is 0 Å². The van der Waals surface area contributed by atoms with Gasteiger partial charge in [0, 0.05) is 23.4 Å². The second-order valence-corrected chi connectivity index (χ2v) is 7.95. The molecule has 4 heterocycles. The molecule has 1 N–H and O–H groups in total. The summed E-state index contributed by atoms with van der Waals surface area (Å²) in [4.78, 5) is 7.91. The number of aromatic nitrogens is 5. The first-order chi connectivity index (χ1) is 14.7. The highest BCUT2D eigenvalue weighted by Gasteiger charge is 2.14. The number of ether oxygens (including phenoxy) is 1. The Morgan fingerprint density at radius 3 is 2.83 bits per heavy atom. The molecule has 5 rings (SSSR count). The number of fused-ring (bicyclic) bond motifs is 2. The minimum atomic E-state index is 0.425. The van der Waals surface area contributed by atoms with Gasteiger partial charge in [0.05, 0.1) is 30.6 Å². The summed E-state index contributed by atoms with van der Waals surface area (Å²) in [5, 5.41) is 26.9. The van der Waals surface area contributed by atoms with Crippen molar-refractivity contribution in [3.63, 3.8) is 0 Å². The molecule has 3 aromatic heterocycles. The molecule has 0 amide bonds. The number of pyridine rings is 1. The van der Waals surface area contributed by atoms with Gasteiger partial charge in [0.15, 0.2) is 5.65 Å². The van der Waals surface area contributed by atoms with Crippen molar-refractivity contribution < 1.29 is 9.94 Å². The van der Waals surface area contributed by atoms with Crippen molar-refractivity contribution in [1.82, 2.24) is 24.8 Å². The minimum Gasteiger partial charge on any atom is -0.411 e. The van der Waals surface area contributed by atoms with E-state index in [9.17, 15) is 0 Å². The summed E-state index contributed by atoms with van der Waals surface area (Å²) in [5.41, 5.74) is 3.66. The molecule has 1 fully saturated rings. The van der Waals surface area contributed by atoms with Crippen molar-refractivity contribution >= 4 is 39.7 Å². The van der Waals surface area contributed by atoms with E-state index in [0.29, 0.717) is 22.2 Å². The monoisotopic (exact) mass is 421 g/mol. The second-order valence-electron chi connectivity index (χ2n) is 6.91. The minimum absolute atomic E-state index is 0.425. The van der Waals surface area contributed by atoms with Gasteiger partial charge in [-0.05, 0) is 55.1 Å². The normalized spacial score (nSPS) is 15.2. The van der Waals surface area contributed by atoms with Crippen LogP contribution in [0, 0.1) is 0 Å². The molecule has 1 aliphatic heterocycles. The number of benzene rings is 1. The molecule has 152 valence electrons. The summed E-state index contributed by atoms with van der Waals surface area (Å²) >= 11 is 1.47. The molecule has 10 heteroatoms. The fraction of sp³-hybridized carbons (Fsp3) is 0.250. The third-order valence-electron chi connectivity index (χ3n) is 4.98. The molecule has 0 saturated carbocycles. The van der Waals surface area contributed by atoms with E-state index in [0.717, 1.165) is 47.8 Å². The smallest absolute Gasteiger partial charge is 0.217 e. The Hall–Kier alpha value is -3.24. The SMILES string of the molecule is CC(=NO)c1ccc2nnc(Sc3ccc4ncc(N5CCOCC5)cc4c3)n2n1. The Morgan fingerprint density at radius 1 is 1.13 bits per heavy atom. The molecule has 9 nitrogen and oxygen atoms in total. The highest BCUT2D eigenvalue weighted by molar-refractivity contribution is 7.99. The van der Waals surface area contributed by atoms with Gasteiger partial charge in [-0.15, -0.1) is 10.2 Å². The molecule has 0 unspecified atom stereocenters. The first-order valence-electron chi connectivity index (χ1n) is 9.53. The van der Waals surface area contributed by atoms with Crippen LogP contribution in [0.4, 0.5) is 5.69 Å². The van der Waals surface area contributed by atoms with Crippen LogP contribution >= 0.6 is 11.8 Å². The summed E-state index contributed by atoms with van der Waals surface area (Å²) in [7, 11) is 0. The van der Waals surface area contributed by atoms with Gasteiger partial charge in [0.2, 0.25) is 5.16 Å². The molecule has 1 saturated heterocycles. The number of nitrogens with zero attached hydrogens (tertiary/aromatic N) is 7. The zero-order valence-electron chi connectivity index (χ0n) is 16.3. The molecule has 0 aliphatic carbocycles. The standard InChI is InChI=1S/C20H19N7O2S/c1-13(25-28)17-4-5-19-22-23-20(27(19)24-17)30-16-2-3-18-14(11-16)10-15(12-21-18)26-6-8-29-9-7-26/h2-5,10-12,28H,6-9H2,1H3. The molecule has 30 heavy (non-hydrogen) atoms. The predicted octanol–water partition coefficient (Wildman–Crippen LogP) is 2.86. The van der Waals surface area contributed by atoms with Crippen LogP contribution in [0.15, 0.2) is 57.8 Å². The fourth-order valence-electron chi connectivity index (χ4n) is 3.34. The van der Waals surface area contributed by atoms with Gasteiger partial charge in [-0.2, -0.15) is 9.61 Å². The lowest BCUT2D eigenvalue weighted by Gasteiger charge is -2.28. The van der Waals surface area contributed by atoms with E-state index in [1.54, 1.807) is 23.6 Å². The van der Waals surface area contributed by atoms with E-state index in [4.69, 9.17) is 9.94 Å². The number of hydrogen-bond acceptors (Lipinski definition) is 9. The lowest BCUT2D eigenvalue weighted by Crippen LogP contribution is -2.36. The maximum Gasteiger partial charge on any atom is 0.217 e. The Labute approximate surface area is 176 Å². The Kier molecular flexibility index (Phi) is 4.93. The maximum atomic E-state index is 9.02. The van der Waals surface area contributed by atoms with Crippen LogP contribution in [0.25, 0.3) is 16.6 Å². The third kappa shape index (κ3) is 3.55. The lowest BCUT2D eigenvalue weighted by molar-refractivity contribution is 0.122. The summed E-state index contributed by atoms with van der Waals surface area (Å²) in [6.07, 6.45) is 1.92. The van der Waals surface area contributed by atoms with E-state index < -0.39 is 0 Å². The molecule has 0 radical (unpaired) electrons. The van der Waals surface area contributed by atoms with Crippen LogP contribution in [0.2, 0.25) is 0 Å². The van der Waals surface area contributed by atoms with Crippen molar-refractivity contribution in [3.05, 3.63) is 48.3 Å². The maximum absolute atomic E-state index is 9.02. The predicted molar refractivity (Wildman–Crippen MR) is 114 cm³/mol. The summed E-state index contributed by atoms with van der Waals surface area (Å²) in [6, 6.07) is 11.8. The van der Waals surface area contributed by atoms with E-state index in [1.807, 2.05) is 18.3 Å². The zero-order chi connectivity index (χ0) is 20.5. The number of morpholine rings is 1. The van der Waals surface area contributed by atoms with Crippen LogP contribution in [-0.4, -0.2) is 62.0 Å². The van der Waals surface area contributed by atoms with E-state index >= 15 is 0 Å². The molecule has 1 aromatic carbocycles. The van der Waals surface area contributed by atoms with Crippen molar-refractivity contribution in [2.75, 3.05) is 31.2 Å². The molecule has 0 atom stereocenters. The largest absolute Gasteiger partial charge is 0.411 e. The molecule has 0 bridgehead atoms. The molecule has 1 aliphatic rings. The Bertz CT molecular complexity index is 1250. The Balaban J connectivity index is 1.47. The van der Waals surface area contributed by atoms with Gasteiger partial charge in [-0.1, -0.05) is 5.16 Å². The molecule has 4 aromatic rings. The number of oxime groups is 1. The third-order valence-corrected chi connectivity index (χ3v) is 5.91. The first-order valence-corrected chi connectivity index (χ1v) is 10.3. The summed E-state index contributed by atoms with van der Waals surface area (Å²) in [5.74, 6) is 0. The van der Waals surface area contributed by atoms with Crippen LogP contribution in [0.1, 0.15) is 12.6 Å². The van der Waals surface area contributed by atoms with Gasteiger partial charge >= 0.3 is 0 Å². The molecular formula is C20H19N7O2S. The quantitative estimate of drug-likeness (QED) is 0.305. The average molecular weight is 421 g/mol. The van der Waals surface area contributed by atoms with Crippen molar-refractivity contribution in [2.24, 2.45) is 5.16 Å². The van der Waals surface area contributed by atoms with Gasteiger partial charge in [-0.3, -0.25) is 4.98 Å². The highest BCUT2D eigenvalue weighted by atomic mass is 32.2. The first kappa shape index (κ1) is 18.8. The Morgan fingerprint density at radius 2 is 2.00 bits per heavy atom. The van der Waals surface area contributed by atoms with Crippen molar-refractivity contribution in [3.8, 4) is 0 Å². The van der Waals surface area contributed by atoms with Crippen LogP contribution in [0.5, 0.6) is 0 Å². The molecule has 0 spiro atoms. The van der Waals surface area contributed by atoms with Crippen LogP contribution in [-0.2, 0) is 4.74 Å². The molecular weight excluding hydrogens is 402 g/mol. The number of anilines is 1. The lowest BCUT2D eigenvalue weighted by atomic mass is 10.2. The van der Waals surface area contributed by atoms with E-state index in [1.165, 1.54) is 11.8 Å². The van der Waals surface area contributed by atoms with Gasteiger partial charge in [0.25, 0.3) is 0 Å².